The van der Waals surface area contributed by atoms with Gasteiger partial charge in [0.05, 0.1) is 77.2 Å². The van der Waals surface area contributed by atoms with Crippen LogP contribution < -0.4 is 5.32 Å². The van der Waals surface area contributed by atoms with Crippen molar-refractivity contribution in [3.8, 4) is 0 Å². The van der Waals surface area contributed by atoms with Crippen LogP contribution in [-0.4, -0.2) is 73.4 Å². The van der Waals surface area contributed by atoms with Gasteiger partial charge in [-0.05, 0) is 63.8 Å². The maximum Gasteiger partial charge on any atom is 0.477 e. The Balaban J connectivity index is 1.17. The summed E-state index contributed by atoms with van der Waals surface area (Å²) in [5.74, 6) is -1.91. The number of rotatable bonds is 62. The largest absolute Gasteiger partial charge is 0.477 e. The van der Waals surface area contributed by atoms with Gasteiger partial charge in [0.2, 0.25) is 5.91 Å². The monoisotopic (exact) mass is 1630 g/mol. The van der Waals surface area contributed by atoms with Gasteiger partial charge in [-0.3, -0.25) is 28.0 Å². The lowest BCUT2D eigenvalue weighted by Crippen LogP contribution is -2.67. The molecule has 1 heterocycles. The third-order valence-corrected chi connectivity index (χ3v) is 23.6. The molecule has 16 heteroatoms. The van der Waals surface area contributed by atoms with E-state index in [0.29, 0.717) is 30.4 Å². The molecule has 1 saturated heterocycles. The molecule has 0 radical (unpaired) electrons. The van der Waals surface area contributed by atoms with Crippen LogP contribution in [0, 0.1) is 0 Å². The molecule has 0 spiro atoms. The lowest BCUT2D eigenvalue weighted by Gasteiger charge is -2.46. The van der Waals surface area contributed by atoms with Crippen LogP contribution in [0.1, 0.15) is 277 Å². The van der Waals surface area contributed by atoms with Gasteiger partial charge in [-0.1, -0.05) is 437 Å². The Bertz CT molecular complexity index is 3820. The first-order chi connectivity index (χ1) is 58.0. The van der Waals surface area contributed by atoms with Gasteiger partial charge in [0.15, 0.2) is 18.5 Å². The Hall–Kier alpha value is -7.92. The number of unbranched alkanes of at least 4 members (excludes halogenated alkanes) is 24. The van der Waals surface area contributed by atoms with E-state index in [1.54, 1.807) is 0 Å². The summed E-state index contributed by atoms with van der Waals surface area (Å²) < 4.78 is 86.1. The van der Waals surface area contributed by atoms with Crippen molar-refractivity contribution in [2.45, 2.75) is 320 Å². The number of phosphoric ester groups is 1. The van der Waals surface area contributed by atoms with Crippen LogP contribution in [0.3, 0.4) is 0 Å². The number of carbonyl (C=O) groups excluding carboxylic acids is 3. The Morgan fingerprint density at radius 2 is 0.636 bits per heavy atom. The predicted molar refractivity (Wildman–Crippen MR) is 471 cm³/mol. The molecular formula is C102H136NO14P. The van der Waals surface area contributed by atoms with Gasteiger partial charge >= 0.3 is 19.8 Å². The van der Waals surface area contributed by atoms with E-state index in [4.69, 9.17) is 46.7 Å². The molecule has 638 valence electrons. The fraction of sp³-hybridized carbons (Fsp3) is 0.500. The van der Waals surface area contributed by atoms with Gasteiger partial charge in [0.1, 0.15) is 17.7 Å². The van der Waals surface area contributed by atoms with E-state index in [1.807, 2.05) is 243 Å². The molecule has 8 aromatic carbocycles. The van der Waals surface area contributed by atoms with Crippen LogP contribution in [0.25, 0.3) is 0 Å². The molecule has 0 bridgehead atoms. The van der Waals surface area contributed by atoms with Crippen LogP contribution in [0.2, 0.25) is 0 Å². The normalized spacial score (nSPS) is 16.4. The Kier molecular flexibility index (Phi) is 44.4. The molecule has 118 heavy (non-hydrogen) atoms. The number of esters is 2. The van der Waals surface area contributed by atoms with E-state index in [-0.39, 0.29) is 52.3 Å². The zero-order valence-electron chi connectivity index (χ0n) is 71.0. The van der Waals surface area contributed by atoms with Crippen LogP contribution in [0.15, 0.2) is 243 Å². The van der Waals surface area contributed by atoms with Crippen molar-refractivity contribution in [1.82, 2.24) is 5.32 Å². The van der Waals surface area contributed by atoms with E-state index in [2.05, 4.69) is 26.1 Å². The van der Waals surface area contributed by atoms with Crippen LogP contribution >= 0.6 is 7.82 Å². The molecule has 1 aliphatic heterocycles. The quantitative estimate of drug-likeness (QED) is 0.0165. The minimum absolute atomic E-state index is 0.154. The Labute approximate surface area is 706 Å². The zero-order valence-corrected chi connectivity index (χ0v) is 71.8. The summed E-state index contributed by atoms with van der Waals surface area (Å²) in [6, 6.07) is 76.3. The molecule has 8 aromatic rings. The fourth-order valence-corrected chi connectivity index (χ4v) is 16.8. The SMILES string of the molecule is CCCCCCCCCCC[C@H](CC(=O)N[C@H]1[C@@H](OP(=O)(OCc2ccccc2)OCc2ccccc2)O[C@H](COC(c2ccccc2)(c2ccccc2)c2ccccc2)[C@@H](OC(=O)C[C@@H](CCCCCCCCCCC)OCc2ccccc2)[C@@H]1OC(=O)C[C@@H](CCCCCCCCCCC)OCc1ccccc1)OCc1ccccc1. The van der Waals surface area contributed by atoms with Crippen molar-refractivity contribution < 1.29 is 65.7 Å². The highest BCUT2D eigenvalue weighted by molar-refractivity contribution is 7.48. The summed E-state index contributed by atoms with van der Waals surface area (Å²) in [6.07, 6.45) is 22.6. The number of nitrogens with one attached hydrogen (secondary N) is 1. The molecule has 0 aromatic heterocycles. The average molecular weight is 1630 g/mol. The first-order valence-corrected chi connectivity index (χ1v) is 46.2. The van der Waals surface area contributed by atoms with Gasteiger partial charge in [-0.2, -0.15) is 0 Å². The van der Waals surface area contributed by atoms with Crippen molar-refractivity contribution >= 4 is 25.7 Å². The maximum atomic E-state index is 16.4. The smallest absolute Gasteiger partial charge is 0.456 e. The topological polar surface area (TPSA) is 173 Å². The van der Waals surface area contributed by atoms with Gasteiger partial charge in [-0.15, -0.1) is 0 Å². The molecule has 1 N–H and O–H groups in total. The average Bonchev–Trinajstić information content (AvgIpc) is 0.754. The summed E-state index contributed by atoms with van der Waals surface area (Å²) in [7, 11) is -4.93. The Morgan fingerprint density at radius 3 is 0.958 bits per heavy atom. The van der Waals surface area contributed by atoms with Crippen molar-refractivity contribution in [3.05, 3.63) is 287 Å². The summed E-state index contributed by atoms with van der Waals surface area (Å²) in [6.45, 7) is 6.57. The summed E-state index contributed by atoms with van der Waals surface area (Å²) in [4.78, 5) is 48.0. The predicted octanol–water partition coefficient (Wildman–Crippen LogP) is 25.3. The van der Waals surface area contributed by atoms with Gasteiger partial charge in [-0.25, -0.2) is 4.57 Å². The first kappa shape index (κ1) is 93.9. The van der Waals surface area contributed by atoms with Gasteiger partial charge < -0.3 is 38.5 Å². The second-order valence-corrected chi connectivity index (χ2v) is 33.5. The Morgan fingerprint density at radius 1 is 0.356 bits per heavy atom. The molecule has 8 atom stereocenters. The van der Waals surface area contributed by atoms with Gasteiger partial charge in [0, 0.05) is 0 Å². The number of carbonyl (C=O) groups is 3. The molecule has 15 nitrogen and oxygen atoms in total. The third kappa shape index (κ3) is 34.7. The molecule has 9 rings (SSSR count). The molecule has 0 aliphatic carbocycles. The molecule has 1 fully saturated rings. The van der Waals surface area contributed by atoms with E-state index in [9.17, 15) is 0 Å². The molecule has 1 amide bonds. The van der Waals surface area contributed by atoms with E-state index < -0.39 is 86.8 Å². The van der Waals surface area contributed by atoms with Gasteiger partial charge in [0.25, 0.3) is 0 Å². The number of phosphoric acid groups is 1. The van der Waals surface area contributed by atoms with Crippen molar-refractivity contribution in [1.29, 1.82) is 0 Å². The van der Waals surface area contributed by atoms with Crippen LogP contribution in [-0.2, 0) is 104 Å². The number of ether oxygens (including phenoxy) is 7. The van der Waals surface area contributed by atoms with Crippen LogP contribution in [0.5, 0.6) is 0 Å². The minimum atomic E-state index is -4.93. The number of benzene rings is 8. The number of amides is 1. The molecule has 0 unspecified atom stereocenters. The second-order valence-electron chi connectivity index (χ2n) is 31.9. The summed E-state index contributed by atoms with van der Waals surface area (Å²) in [5, 5.41) is 3.27. The first-order valence-electron chi connectivity index (χ1n) is 44.8. The molecular weight excluding hydrogens is 1490 g/mol. The summed E-state index contributed by atoms with van der Waals surface area (Å²) in [5.41, 5.74) is 5.06. The van der Waals surface area contributed by atoms with E-state index in [0.717, 1.165) is 110 Å². The van der Waals surface area contributed by atoms with E-state index >= 15 is 18.9 Å². The van der Waals surface area contributed by atoms with Crippen molar-refractivity contribution in [2.24, 2.45) is 0 Å². The van der Waals surface area contributed by atoms with E-state index in [1.165, 1.54) is 96.3 Å². The highest BCUT2D eigenvalue weighted by Gasteiger charge is 2.55. The lowest BCUT2D eigenvalue weighted by molar-refractivity contribution is -0.267. The van der Waals surface area contributed by atoms with Crippen molar-refractivity contribution in [3.63, 3.8) is 0 Å². The maximum absolute atomic E-state index is 16.4. The van der Waals surface area contributed by atoms with Crippen LogP contribution in [0.4, 0.5) is 0 Å². The summed E-state index contributed by atoms with van der Waals surface area (Å²) >= 11 is 0. The second kappa shape index (κ2) is 55.8. The zero-order chi connectivity index (χ0) is 82.6. The molecule has 0 saturated carbocycles. The highest BCUT2D eigenvalue weighted by atomic mass is 31.2. The molecule has 1 aliphatic rings. The van der Waals surface area contributed by atoms with Crippen molar-refractivity contribution in [2.75, 3.05) is 6.61 Å². The fourth-order valence-electron chi connectivity index (χ4n) is 15.6. The highest BCUT2D eigenvalue weighted by Crippen LogP contribution is 2.54. The number of hydrogen-bond acceptors (Lipinski definition) is 14. The standard InChI is InChI=1S/C102H136NO14P/c1-4-7-10-13-16-19-22-25-52-71-91(108-77-83-55-36-28-37-56-83)74-95(104)103-98-100(116-97(106)76-93(110-79-85-59-40-30-41-60-85)73-54-27-24-21-18-15-12-9-6-3)99(115-96(105)75-92(109-78-84-57-38-29-39-58-84)72-53-26-23-20-17-14-11-8-5-2)94(82-111-102(88-65-46-33-47-66-88,89-67-48-34-49-68-89)90-69-50-35-51-70-90)114-101(98)117-118(107,112-80-86-61-42-31-43-62-86)113-81-87-63-44-32-45-64-87/h28-51,55-70,91-94,98-101H,4-27,52-54,71-82H2,1-3H3,(H,103,104)/t91-,92-,93-,94-,98-,99-,100-,101-/m1/s1. The third-order valence-electron chi connectivity index (χ3n) is 22.3. The minimum Gasteiger partial charge on any atom is -0.456 e. The number of hydrogen-bond donors (Lipinski definition) is 1. The lowest BCUT2D eigenvalue weighted by atomic mass is 9.80.